The topological polar surface area (TPSA) is 9.23 Å². The van der Waals surface area contributed by atoms with Crippen LogP contribution in [0.1, 0.15) is 18.4 Å². The van der Waals surface area contributed by atoms with E-state index in [1.165, 1.54) is 18.4 Å². The molecule has 0 aromatic heterocycles. The van der Waals surface area contributed by atoms with Gasteiger partial charge in [-0.3, -0.25) is 0 Å². The standard InChI is InChI=1S/C14H18Cl2O/c15-9-14(10-16,11-17-8-12-6-7-12)13-4-2-1-3-5-13/h1-5,12H,6-11H2. The van der Waals surface area contributed by atoms with Gasteiger partial charge in [0.2, 0.25) is 0 Å². The van der Waals surface area contributed by atoms with E-state index in [9.17, 15) is 0 Å². The largest absolute Gasteiger partial charge is 0.380 e. The number of alkyl halides is 2. The normalized spacial score (nSPS) is 16.1. The highest BCUT2D eigenvalue weighted by Gasteiger charge is 2.32. The lowest BCUT2D eigenvalue weighted by Gasteiger charge is -2.30. The molecule has 0 bridgehead atoms. The molecule has 0 aliphatic heterocycles. The fourth-order valence-corrected chi connectivity index (χ4v) is 2.60. The lowest BCUT2D eigenvalue weighted by Crippen LogP contribution is -2.36. The van der Waals surface area contributed by atoms with Crippen molar-refractivity contribution >= 4 is 23.2 Å². The van der Waals surface area contributed by atoms with Crippen molar-refractivity contribution in [1.82, 2.24) is 0 Å². The van der Waals surface area contributed by atoms with Gasteiger partial charge in [0.15, 0.2) is 0 Å². The molecule has 1 aromatic rings. The van der Waals surface area contributed by atoms with Gasteiger partial charge in [0.05, 0.1) is 6.61 Å². The zero-order chi connectivity index (χ0) is 12.1. The van der Waals surface area contributed by atoms with Crippen LogP contribution in [0.3, 0.4) is 0 Å². The van der Waals surface area contributed by atoms with Gasteiger partial charge in [-0.25, -0.2) is 0 Å². The average molecular weight is 273 g/mol. The van der Waals surface area contributed by atoms with Crippen LogP contribution >= 0.6 is 23.2 Å². The van der Waals surface area contributed by atoms with Crippen molar-refractivity contribution in [2.45, 2.75) is 18.3 Å². The Morgan fingerprint density at radius 2 is 1.76 bits per heavy atom. The van der Waals surface area contributed by atoms with E-state index in [0.29, 0.717) is 18.4 Å². The lowest BCUT2D eigenvalue weighted by molar-refractivity contribution is 0.0889. The first-order chi connectivity index (χ1) is 8.30. The van der Waals surface area contributed by atoms with Crippen LogP contribution in [0.4, 0.5) is 0 Å². The smallest absolute Gasteiger partial charge is 0.0586 e. The summed E-state index contributed by atoms with van der Waals surface area (Å²) < 4.78 is 5.79. The highest BCUT2D eigenvalue weighted by Crippen LogP contribution is 2.31. The van der Waals surface area contributed by atoms with Crippen LogP contribution in [-0.4, -0.2) is 25.0 Å². The molecule has 1 aromatic carbocycles. The summed E-state index contributed by atoms with van der Waals surface area (Å²) in [7, 11) is 0. The van der Waals surface area contributed by atoms with Crippen molar-refractivity contribution < 1.29 is 4.74 Å². The van der Waals surface area contributed by atoms with Crippen LogP contribution in [0.5, 0.6) is 0 Å². The van der Waals surface area contributed by atoms with Crippen LogP contribution < -0.4 is 0 Å². The van der Waals surface area contributed by atoms with Crippen molar-refractivity contribution in [1.29, 1.82) is 0 Å². The molecule has 17 heavy (non-hydrogen) atoms. The Morgan fingerprint density at radius 1 is 1.12 bits per heavy atom. The Kier molecular flexibility index (Phi) is 4.72. The van der Waals surface area contributed by atoms with E-state index < -0.39 is 0 Å². The number of rotatable bonds is 7. The van der Waals surface area contributed by atoms with Gasteiger partial charge in [-0.2, -0.15) is 0 Å². The van der Waals surface area contributed by atoms with E-state index >= 15 is 0 Å². The zero-order valence-electron chi connectivity index (χ0n) is 9.87. The monoisotopic (exact) mass is 272 g/mol. The van der Waals surface area contributed by atoms with Gasteiger partial charge in [-0.1, -0.05) is 30.3 Å². The molecule has 1 aliphatic rings. The predicted molar refractivity (Wildman–Crippen MR) is 73.1 cm³/mol. The predicted octanol–water partition coefficient (Wildman–Crippen LogP) is 3.83. The van der Waals surface area contributed by atoms with Crippen LogP contribution in [0, 0.1) is 5.92 Å². The van der Waals surface area contributed by atoms with Crippen molar-refractivity contribution in [2.24, 2.45) is 5.92 Å². The second kappa shape index (κ2) is 6.08. The van der Waals surface area contributed by atoms with Gasteiger partial charge in [-0.15, -0.1) is 23.2 Å². The SMILES string of the molecule is ClCC(CCl)(COCC1CC1)c1ccccc1. The molecule has 94 valence electrons. The maximum atomic E-state index is 6.13. The number of ether oxygens (including phenoxy) is 1. The van der Waals surface area contributed by atoms with Gasteiger partial charge in [0.1, 0.15) is 0 Å². The van der Waals surface area contributed by atoms with Crippen LogP contribution in [0.25, 0.3) is 0 Å². The number of benzene rings is 1. The van der Waals surface area contributed by atoms with Crippen molar-refractivity contribution in [3.05, 3.63) is 35.9 Å². The summed E-state index contributed by atoms with van der Waals surface area (Å²) in [6.07, 6.45) is 2.61. The second-order valence-electron chi connectivity index (χ2n) is 4.87. The van der Waals surface area contributed by atoms with Crippen LogP contribution in [0.2, 0.25) is 0 Å². The number of hydrogen-bond donors (Lipinski definition) is 0. The molecule has 0 spiro atoms. The van der Waals surface area contributed by atoms with E-state index in [4.69, 9.17) is 27.9 Å². The van der Waals surface area contributed by atoms with E-state index in [0.717, 1.165) is 12.5 Å². The third-order valence-electron chi connectivity index (χ3n) is 3.33. The van der Waals surface area contributed by atoms with Crippen LogP contribution in [0.15, 0.2) is 30.3 Å². The summed E-state index contributed by atoms with van der Waals surface area (Å²) in [5.41, 5.74) is 0.917. The first-order valence-corrected chi connectivity index (χ1v) is 7.13. The summed E-state index contributed by atoms with van der Waals surface area (Å²) >= 11 is 12.3. The Labute approximate surface area is 113 Å². The second-order valence-corrected chi connectivity index (χ2v) is 5.41. The van der Waals surface area contributed by atoms with Gasteiger partial charge < -0.3 is 4.74 Å². The minimum Gasteiger partial charge on any atom is -0.380 e. The zero-order valence-corrected chi connectivity index (χ0v) is 11.4. The Hall–Kier alpha value is -0.240. The molecule has 1 nitrogen and oxygen atoms in total. The minimum atomic E-state index is -0.251. The van der Waals surface area contributed by atoms with Crippen LogP contribution in [-0.2, 0) is 10.2 Å². The van der Waals surface area contributed by atoms with E-state index in [1.54, 1.807) is 0 Å². The van der Waals surface area contributed by atoms with Gasteiger partial charge in [0, 0.05) is 23.8 Å². The first-order valence-electron chi connectivity index (χ1n) is 6.06. The van der Waals surface area contributed by atoms with Crippen molar-refractivity contribution in [3.8, 4) is 0 Å². The molecule has 0 atom stereocenters. The molecule has 0 radical (unpaired) electrons. The summed E-state index contributed by atoms with van der Waals surface area (Å²) in [6, 6.07) is 10.2. The third-order valence-corrected chi connectivity index (χ3v) is 4.35. The number of hydrogen-bond acceptors (Lipinski definition) is 1. The van der Waals surface area contributed by atoms with Gasteiger partial charge in [-0.05, 0) is 24.3 Å². The quantitative estimate of drug-likeness (QED) is 0.686. The maximum Gasteiger partial charge on any atom is 0.0586 e. The van der Waals surface area contributed by atoms with Crippen molar-refractivity contribution in [2.75, 3.05) is 25.0 Å². The molecule has 3 heteroatoms. The highest BCUT2D eigenvalue weighted by molar-refractivity contribution is 6.22. The highest BCUT2D eigenvalue weighted by atomic mass is 35.5. The molecular weight excluding hydrogens is 255 g/mol. The van der Waals surface area contributed by atoms with E-state index in [-0.39, 0.29) is 5.41 Å². The summed E-state index contributed by atoms with van der Waals surface area (Å²) in [4.78, 5) is 0. The molecule has 0 N–H and O–H groups in total. The fourth-order valence-electron chi connectivity index (χ4n) is 1.85. The number of halogens is 2. The Balaban J connectivity index is 2.01. The van der Waals surface area contributed by atoms with E-state index in [1.807, 2.05) is 18.2 Å². The minimum absolute atomic E-state index is 0.251. The fraction of sp³-hybridized carbons (Fsp3) is 0.571. The maximum absolute atomic E-state index is 6.13. The van der Waals surface area contributed by atoms with Crippen molar-refractivity contribution in [3.63, 3.8) is 0 Å². The summed E-state index contributed by atoms with van der Waals surface area (Å²) in [5.74, 6) is 1.75. The third kappa shape index (κ3) is 3.37. The lowest BCUT2D eigenvalue weighted by atomic mass is 9.85. The summed E-state index contributed by atoms with van der Waals surface area (Å²) in [5, 5.41) is 0. The molecule has 1 fully saturated rings. The molecule has 2 rings (SSSR count). The molecule has 0 unspecified atom stereocenters. The Bertz CT molecular complexity index is 331. The van der Waals surface area contributed by atoms with Gasteiger partial charge in [0.25, 0.3) is 0 Å². The summed E-state index contributed by atoms with van der Waals surface area (Å²) in [6.45, 7) is 1.46. The molecule has 1 saturated carbocycles. The molecule has 0 saturated heterocycles. The molecule has 0 amide bonds. The molecular formula is C14H18Cl2O. The van der Waals surface area contributed by atoms with E-state index in [2.05, 4.69) is 12.1 Å². The molecule has 0 heterocycles. The molecule has 1 aliphatic carbocycles. The average Bonchev–Trinajstić information content (AvgIpc) is 3.20. The van der Waals surface area contributed by atoms with Gasteiger partial charge >= 0.3 is 0 Å². The Morgan fingerprint density at radius 3 is 2.29 bits per heavy atom. The first kappa shape index (κ1) is 13.2.